The summed E-state index contributed by atoms with van der Waals surface area (Å²) in [6, 6.07) is 18.3. The molecule has 0 saturated carbocycles. The topological polar surface area (TPSA) is 41.1 Å². The Balaban J connectivity index is 1.78. The van der Waals surface area contributed by atoms with Crippen LogP contribution < -0.4 is 10.6 Å². The molecular weight excluding hydrogens is 284 g/mol. The van der Waals surface area contributed by atoms with Gasteiger partial charge in [0.15, 0.2) is 0 Å². The summed E-state index contributed by atoms with van der Waals surface area (Å²) in [5.41, 5.74) is 3.46. The van der Waals surface area contributed by atoms with E-state index < -0.39 is 0 Å². The third-order valence-corrected chi connectivity index (χ3v) is 3.89. The number of anilines is 1. The van der Waals surface area contributed by atoms with E-state index in [1.165, 1.54) is 11.1 Å². The molecule has 0 bridgehead atoms. The van der Waals surface area contributed by atoms with E-state index >= 15 is 0 Å². The van der Waals surface area contributed by atoms with Crippen LogP contribution >= 0.6 is 0 Å². The fourth-order valence-electron chi connectivity index (χ4n) is 2.52. The van der Waals surface area contributed by atoms with Gasteiger partial charge < -0.3 is 10.6 Å². The maximum absolute atomic E-state index is 12.3. The Morgan fingerprint density at radius 1 is 1.04 bits per heavy atom. The van der Waals surface area contributed by atoms with Crippen LogP contribution in [0.3, 0.4) is 0 Å². The van der Waals surface area contributed by atoms with Crippen LogP contribution in [0.5, 0.6) is 0 Å². The number of carbonyl (C=O) groups excluding carboxylic acids is 1. The zero-order valence-corrected chi connectivity index (χ0v) is 14.2. The molecule has 2 aromatic carbocycles. The van der Waals surface area contributed by atoms with Gasteiger partial charge in [-0.25, -0.2) is 0 Å². The number of nitrogens with one attached hydrogen (secondary N) is 2. The summed E-state index contributed by atoms with van der Waals surface area (Å²) in [7, 11) is 0. The van der Waals surface area contributed by atoms with Gasteiger partial charge in [-0.15, -0.1) is 0 Å². The number of hydrogen-bond acceptors (Lipinski definition) is 2. The molecule has 3 nitrogen and oxygen atoms in total. The molecular formula is C20H26N2O. The number of benzene rings is 2. The highest BCUT2D eigenvalue weighted by Gasteiger charge is 2.15. The van der Waals surface area contributed by atoms with Crippen LogP contribution in [0.25, 0.3) is 0 Å². The molecule has 0 aliphatic rings. The van der Waals surface area contributed by atoms with Crippen molar-refractivity contribution >= 4 is 11.6 Å². The zero-order valence-electron chi connectivity index (χ0n) is 14.2. The van der Waals surface area contributed by atoms with Crippen LogP contribution in [-0.4, -0.2) is 18.0 Å². The van der Waals surface area contributed by atoms with Crippen LogP contribution in [0.1, 0.15) is 31.4 Å². The van der Waals surface area contributed by atoms with E-state index in [9.17, 15) is 4.79 Å². The van der Waals surface area contributed by atoms with Gasteiger partial charge in [-0.2, -0.15) is 0 Å². The molecule has 2 aromatic rings. The van der Waals surface area contributed by atoms with Crippen molar-refractivity contribution in [3.05, 3.63) is 65.7 Å². The van der Waals surface area contributed by atoms with Crippen molar-refractivity contribution < 1.29 is 4.79 Å². The van der Waals surface area contributed by atoms with Gasteiger partial charge >= 0.3 is 0 Å². The molecule has 0 aromatic heterocycles. The summed E-state index contributed by atoms with van der Waals surface area (Å²) in [4.78, 5) is 12.3. The molecule has 0 fully saturated rings. The van der Waals surface area contributed by atoms with Gasteiger partial charge in [0.1, 0.15) is 6.04 Å². The summed E-state index contributed by atoms with van der Waals surface area (Å²) in [5.74, 6) is 0.0343. The van der Waals surface area contributed by atoms with Gasteiger partial charge in [0.25, 0.3) is 0 Å². The Labute approximate surface area is 139 Å². The van der Waals surface area contributed by atoms with E-state index in [2.05, 4.69) is 29.7 Å². The second kappa shape index (κ2) is 8.37. The summed E-state index contributed by atoms with van der Waals surface area (Å²) >= 11 is 0. The fraction of sp³-hybridized carbons (Fsp3) is 0.350. The van der Waals surface area contributed by atoms with Crippen molar-refractivity contribution in [1.82, 2.24) is 5.32 Å². The third kappa shape index (κ3) is 5.78. The van der Waals surface area contributed by atoms with E-state index in [0.29, 0.717) is 0 Å². The molecule has 0 radical (unpaired) electrons. The van der Waals surface area contributed by atoms with Crippen LogP contribution in [-0.2, 0) is 11.2 Å². The number of rotatable bonds is 7. The van der Waals surface area contributed by atoms with Gasteiger partial charge in [-0.05, 0) is 56.9 Å². The molecule has 23 heavy (non-hydrogen) atoms. The van der Waals surface area contributed by atoms with E-state index in [1.54, 1.807) is 0 Å². The summed E-state index contributed by atoms with van der Waals surface area (Å²) < 4.78 is 0. The summed E-state index contributed by atoms with van der Waals surface area (Å²) in [5, 5.41) is 6.33. The molecule has 0 aliphatic heterocycles. The lowest BCUT2D eigenvalue weighted by Gasteiger charge is -2.19. The molecule has 0 saturated heterocycles. The Hall–Kier alpha value is -2.29. The third-order valence-electron chi connectivity index (χ3n) is 3.89. The van der Waals surface area contributed by atoms with Crippen LogP contribution in [0, 0.1) is 6.92 Å². The first-order chi connectivity index (χ1) is 11.0. The highest BCUT2D eigenvalue weighted by molar-refractivity contribution is 5.84. The lowest BCUT2D eigenvalue weighted by atomic mass is 10.1. The first kappa shape index (κ1) is 17.1. The molecule has 3 heteroatoms. The average molecular weight is 310 g/mol. The second-order valence-corrected chi connectivity index (χ2v) is 6.17. The van der Waals surface area contributed by atoms with Gasteiger partial charge in [-0.1, -0.05) is 42.5 Å². The molecule has 2 N–H and O–H groups in total. The molecule has 0 heterocycles. The maximum Gasteiger partial charge on any atom is 0.242 e. The van der Waals surface area contributed by atoms with Crippen molar-refractivity contribution in [3.63, 3.8) is 0 Å². The second-order valence-electron chi connectivity index (χ2n) is 6.17. The van der Waals surface area contributed by atoms with E-state index in [0.717, 1.165) is 18.5 Å². The summed E-state index contributed by atoms with van der Waals surface area (Å²) in [6.07, 6.45) is 1.91. The summed E-state index contributed by atoms with van der Waals surface area (Å²) in [6.45, 7) is 5.99. The van der Waals surface area contributed by atoms with Crippen LogP contribution in [0.15, 0.2) is 54.6 Å². The van der Waals surface area contributed by atoms with Gasteiger partial charge in [-0.3, -0.25) is 4.79 Å². The first-order valence-electron chi connectivity index (χ1n) is 8.22. The predicted octanol–water partition coefficient (Wildman–Crippen LogP) is 3.93. The monoisotopic (exact) mass is 310 g/mol. The molecule has 122 valence electrons. The maximum atomic E-state index is 12.3. The van der Waals surface area contributed by atoms with Gasteiger partial charge in [0.2, 0.25) is 5.91 Å². The highest BCUT2D eigenvalue weighted by Crippen LogP contribution is 2.11. The lowest BCUT2D eigenvalue weighted by Crippen LogP contribution is -2.42. The largest absolute Gasteiger partial charge is 0.374 e. The van der Waals surface area contributed by atoms with Crippen molar-refractivity contribution in [3.8, 4) is 0 Å². The van der Waals surface area contributed by atoms with Crippen molar-refractivity contribution in [1.29, 1.82) is 0 Å². The lowest BCUT2D eigenvalue weighted by molar-refractivity contribution is -0.122. The molecule has 1 amide bonds. The number of aryl methyl sites for hydroxylation is 2. The Morgan fingerprint density at radius 2 is 1.78 bits per heavy atom. The molecule has 0 spiro atoms. The molecule has 2 unspecified atom stereocenters. The smallest absolute Gasteiger partial charge is 0.242 e. The minimum absolute atomic E-state index is 0.0343. The normalized spacial score (nSPS) is 13.2. The van der Waals surface area contributed by atoms with Crippen LogP contribution in [0.2, 0.25) is 0 Å². The number of carbonyl (C=O) groups is 1. The SMILES string of the molecule is Cc1cccc(NC(C)C(=O)NC(C)CCc2ccccc2)c1. The Bertz CT molecular complexity index is 625. The highest BCUT2D eigenvalue weighted by atomic mass is 16.2. The molecule has 0 aliphatic carbocycles. The Kier molecular flexibility index (Phi) is 6.21. The number of hydrogen-bond donors (Lipinski definition) is 2. The van der Waals surface area contributed by atoms with Gasteiger partial charge in [0.05, 0.1) is 0 Å². The van der Waals surface area contributed by atoms with Crippen molar-refractivity contribution in [2.45, 2.75) is 45.7 Å². The minimum Gasteiger partial charge on any atom is -0.374 e. The van der Waals surface area contributed by atoms with E-state index in [-0.39, 0.29) is 18.0 Å². The average Bonchev–Trinajstić information content (AvgIpc) is 2.54. The standard InChI is InChI=1S/C20H26N2O/c1-15-8-7-11-19(14-15)22-17(3)20(23)21-16(2)12-13-18-9-5-4-6-10-18/h4-11,14,16-17,22H,12-13H2,1-3H3,(H,21,23). The predicted molar refractivity (Wildman–Crippen MR) is 96.6 cm³/mol. The molecule has 2 rings (SSSR count). The van der Waals surface area contributed by atoms with Crippen molar-refractivity contribution in [2.75, 3.05) is 5.32 Å². The minimum atomic E-state index is -0.254. The van der Waals surface area contributed by atoms with Crippen molar-refractivity contribution in [2.24, 2.45) is 0 Å². The van der Waals surface area contributed by atoms with E-state index in [1.807, 2.05) is 56.3 Å². The first-order valence-corrected chi connectivity index (χ1v) is 8.22. The van der Waals surface area contributed by atoms with Gasteiger partial charge in [0, 0.05) is 11.7 Å². The van der Waals surface area contributed by atoms with E-state index in [4.69, 9.17) is 0 Å². The van der Waals surface area contributed by atoms with Crippen LogP contribution in [0.4, 0.5) is 5.69 Å². The number of amides is 1. The Morgan fingerprint density at radius 3 is 2.48 bits per heavy atom. The molecule has 2 atom stereocenters. The quantitative estimate of drug-likeness (QED) is 0.813. The zero-order chi connectivity index (χ0) is 16.7. The fourth-order valence-corrected chi connectivity index (χ4v) is 2.52.